The minimum atomic E-state index is -0.445. The zero-order chi connectivity index (χ0) is 20.4. The molecule has 0 saturated heterocycles. The predicted molar refractivity (Wildman–Crippen MR) is 115 cm³/mol. The van der Waals surface area contributed by atoms with E-state index in [1.165, 1.54) is 30.4 Å². The predicted octanol–water partition coefficient (Wildman–Crippen LogP) is 4.28. The van der Waals surface area contributed by atoms with Crippen molar-refractivity contribution in [3.05, 3.63) is 35.7 Å². The molecule has 2 aromatic heterocycles. The quantitative estimate of drug-likeness (QED) is 0.748. The lowest BCUT2D eigenvalue weighted by Gasteiger charge is -2.13. The van der Waals surface area contributed by atoms with Gasteiger partial charge in [0, 0.05) is 12.5 Å². The number of rotatable bonds is 5. The van der Waals surface area contributed by atoms with Gasteiger partial charge in [-0.05, 0) is 30.7 Å². The molecule has 4 rings (SSSR count). The number of thiophene rings is 1. The first-order chi connectivity index (χ1) is 14.0. The highest BCUT2D eigenvalue weighted by molar-refractivity contribution is 7.13. The molecule has 1 N–H and O–H groups in total. The Morgan fingerprint density at radius 1 is 1.34 bits per heavy atom. The highest BCUT2D eigenvalue weighted by Gasteiger charge is 2.23. The standard InChI is InChI=1S/C21H23N5O2S/c1-13-14(2)22-21(24-20(13)28)26-18(12-16(25-26)17-8-5-11-29-17)23-19(27)10-9-15-6-3-4-7-15/h5,8,11-12,15H,1,3-4,6-7,9-10H2,2H3,(H,23,27). The van der Waals surface area contributed by atoms with Crippen molar-refractivity contribution in [2.45, 2.75) is 45.4 Å². The summed E-state index contributed by atoms with van der Waals surface area (Å²) >= 11 is 1.55. The van der Waals surface area contributed by atoms with E-state index in [2.05, 4.69) is 27.0 Å². The second kappa shape index (κ2) is 8.24. The van der Waals surface area contributed by atoms with Gasteiger partial charge in [0.25, 0.3) is 11.9 Å². The Labute approximate surface area is 173 Å². The number of amides is 2. The third kappa shape index (κ3) is 4.27. The maximum absolute atomic E-state index is 12.6. The van der Waals surface area contributed by atoms with Gasteiger partial charge in [0.15, 0.2) is 0 Å². The van der Waals surface area contributed by atoms with Crippen molar-refractivity contribution in [2.24, 2.45) is 15.9 Å². The molecule has 0 bridgehead atoms. The Balaban J connectivity index is 1.60. The van der Waals surface area contributed by atoms with Crippen LogP contribution in [0.4, 0.5) is 5.82 Å². The normalized spacial score (nSPS) is 17.4. The molecule has 0 radical (unpaired) electrons. The van der Waals surface area contributed by atoms with Crippen molar-refractivity contribution in [1.82, 2.24) is 9.78 Å². The van der Waals surface area contributed by atoms with Crippen molar-refractivity contribution in [2.75, 3.05) is 5.32 Å². The van der Waals surface area contributed by atoms with Crippen LogP contribution in [0.5, 0.6) is 0 Å². The summed E-state index contributed by atoms with van der Waals surface area (Å²) in [6.45, 7) is 5.40. The van der Waals surface area contributed by atoms with Crippen molar-refractivity contribution in [3.63, 3.8) is 0 Å². The molecule has 1 fully saturated rings. The van der Waals surface area contributed by atoms with Gasteiger partial charge in [-0.3, -0.25) is 9.59 Å². The molecule has 7 nitrogen and oxygen atoms in total. The summed E-state index contributed by atoms with van der Waals surface area (Å²) in [6, 6.07) is 5.68. The van der Waals surface area contributed by atoms with Gasteiger partial charge < -0.3 is 5.32 Å². The molecular formula is C21H23N5O2S. The maximum atomic E-state index is 12.6. The second-order valence-corrected chi connectivity index (χ2v) is 8.38. The topological polar surface area (TPSA) is 88.7 Å². The number of carbonyl (C=O) groups is 2. The van der Waals surface area contributed by atoms with E-state index >= 15 is 0 Å². The third-order valence-corrected chi connectivity index (χ3v) is 6.25. The van der Waals surface area contributed by atoms with E-state index in [4.69, 9.17) is 0 Å². The first kappa shape index (κ1) is 19.4. The van der Waals surface area contributed by atoms with Gasteiger partial charge in [-0.1, -0.05) is 38.3 Å². The molecule has 150 valence electrons. The summed E-state index contributed by atoms with van der Waals surface area (Å²) in [7, 11) is 0. The van der Waals surface area contributed by atoms with E-state index in [1.807, 2.05) is 17.5 Å². The minimum absolute atomic E-state index is 0.0661. The molecule has 2 aromatic rings. The highest BCUT2D eigenvalue weighted by atomic mass is 32.1. The molecule has 8 heteroatoms. The summed E-state index contributed by atoms with van der Waals surface area (Å²) in [5.41, 5.74) is 1.45. The number of aromatic nitrogens is 2. The van der Waals surface area contributed by atoms with Crippen molar-refractivity contribution >= 4 is 40.6 Å². The average Bonchev–Trinajstić information content (AvgIpc) is 3.45. The monoisotopic (exact) mass is 409 g/mol. The van der Waals surface area contributed by atoms with Crippen LogP contribution in [0.25, 0.3) is 10.6 Å². The van der Waals surface area contributed by atoms with Gasteiger partial charge in [-0.25, -0.2) is 4.99 Å². The van der Waals surface area contributed by atoms with Crippen LogP contribution in [-0.4, -0.2) is 33.3 Å². The smallest absolute Gasteiger partial charge is 0.281 e. The molecule has 2 aliphatic rings. The Morgan fingerprint density at radius 3 is 2.83 bits per heavy atom. The zero-order valence-corrected chi connectivity index (χ0v) is 17.2. The number of anilines is 1. The van der Waals surface area contributed by atoms with Crippen LogP contribution in [0, 0.1) is 5.92 Å². The fourth-order valence-electron chi connectivity index (χ4n) is 3.66. The van der Waals surface area contributed by atoms with E-state index in [9.17, 15) is 9.59 Å². The van der Waals surface area contributed by atoms with Crippen molar-refractivity contribution in [1.29, 1.82) is 0 Å². The largest absolute Gasteiger partial charge is 0.310 e. The lowest BCUT2D eigenvalue weighted by Crippen LogP contribution is -2.25. The fraction of sp³-hybridized carbons (Fsp3) is 0.381. The molecule has 0 unspecified atom stereocenters. The number of hydrogen-bond acceptors (Lipinski definition) is 5. The van der Waals surface area contributed by atoms with Crippen LogP contribution >= 0.6 is 11.3 Å². The van der Waals surface area contributed by atoms with Gasteiger partial charge in [-0.15, -0.1) is 11.3 Å². The molecular weight excluding hydrogens is 386 g/mol. The number of carbonyl (C=O) groups excluding carboxylic acids is 2. The number of hydrogen-bond donors (Lipinski definition) is 1. The summed E-state index contributed by atoms with van der Waals surface area (Å²) < 4.78 is 1.43. The number of aliphatic imine (C=N–C) groups is 2. The molecule has 0 spiro atoms. The fourth-order valence-corrected chi connectivity index (χ4v) is 4.34. The second-order valence-electron chi connectivity index (χ2n) is 7.43. The highest BCUT2D eigenvalue weighted by Crippen LogP contribution is 2.29. The van der Waals surface area contributed by atoms with Crippen LogP contribution in [0.3, 0.4) is 0 Å². The van der Waals surface area contributed by atoms with Crippen LogP contribution in [0.15, 0.2) is 45.7 Å². The molecule has 3 heterocycles. The summed E-state index contributed by atoms with van der Waals surface area (Å²) in [5.74, 6) is 0.725. The third-order valence-electron chi connectivity index (χ3n) is 5.36. The Hall–Kier alpha value is -2.87. The lowest BCUT2D eigenvalue weighted by atomic mass is 10.0. The Bertz CT molecular complexity index is 1010. The molecule has 29 heavy (non-hydrogen) atoms. The molecule has 1 saturated carbocycles. The van der Waals surface area contributed by atoms with Crippen molar-refractivity contribution in [3.8, 4) is 10.6 Å². The molecule has 0 atom stereocenters. The van der Waals surface area contributed by atoms with Crippen molar-refractivity contribution < 1.29 is 9.59 Å². The Morgan fingerprint density at radius 2 is 2.14 bits per heavy atom. The Kier molecular flexibility index (Phi) is 5.53. The molecule has 2 amide bonds. The van der Waals surface area contributed by atoms with E-state index in [0.717, 1.165) is 11.3 Å². The van der Waals surface area contributed by atoms with E-state index in [1.54, 1.807) is 24.3 Å². The van der Waals surface area contributed by atoms with Gasteiger partial charge in [-0.2, -0.15) is 14.8 Å². The molecule has 1 aliphatic carbocycles. The number of nitrogens with one attached hydrogen (secondary N) is 1. The molecule has 1 aliphatic heterocycles. The van der Waals surface area contributed by atoms with Gasteiger partial charge in [0.1, 0.15) is 11.5 Å². The summed E-state index contributed by atoms with van der Waals surface area (Å²) in [4.78, 5) is 34.0. The SMILES string of the molecule is C=C1C(=O)N=C(n2nc(-c3cccs3)cc2NC(=O)CCC2CCCC2)N=C1C. The van der Waals surface area contributed by atoms with Crippen LogP contribution in [0.1, 0.15) is 45.4 Å². The summed E-state index contributed by atoms with van der Waals surface area (Å²) in [6.07, 6.45) is 6.32. The van der Waals surface area contributed by atoms with E-state index < -0.39 is 5.91 Å². The lowest BCUT2D eigenvalue weighted by molar-refractivity contribution is -0.116. The first-order valence-corrected chi connectivity index (χ1v) is 10.7. The zero-order valence-electron chi connectivity index (χ0n) is 16.4. The van der Waals surface area contributed by atoms with Crippen LogP contribution in [0.2, 0.25) is 0 Å². The average molecular weight is 410 g/mol. The summed E-state index contributed by atoms with van der Waals surface area (Å²) in [5, 5.41) is 9.45. The molecule has 0 aromatic carbocycles. The van der Waals surface area contributed by atoms with Gasteiger partial charge in [0.05, 0.1) is 16.2 Å². The van der Waals surface area contributed by atoms with Gasteiger partial charge >= 0.3 is 0 Å². The number of nitrogens with zero attached hydrogens (tertiary/aromatic N) is 4. The van der Waals surface area contributed by atoms with Crippen LogP contribution in [-0.2, 0) is 9.59 Å². The van der Waals surface area contributed by atoms with E-state index in [0.29, 0.717) is 29.6 Å². The van der Waals surface area contributed by atoms with E-state index in [-0.39, 0.29) is 17.4 Å². The first-order valence-electron chi connectivity index (χ1n) is 9.83. The maximum Gasteiger partial charge on any atom is 0.281 e. The van der Waals surface area contributed by atoms with Gasteiger partial charge in [0.2, 0.25) is 5.91 Å². The van der Waals surface area contributed by atoms with Crippen LogP contribution < -0.4 is 5.32 Å². The minimum Gasteiger partial charge on any atom is -0.310 e.